The Morgan fingerprint density at radius 1 is 1.18 bits per heavy atom. The van der Waals surface area contributed by atoms with Crippen molar-refractivity contribution in [3.05, 3.63) is 0 Å². The highest BCUT2D eigenvalue weighted by molar-refractivity contribution is 5.68. The first kappa shape index (κ1) is 12.8. The fraction of sp³-hybridized carbons (Fsp3) is 0.923. The van der Waals surface area contributed by atoms with Crippen LogP contribution in [0, 0.1) is 0 Å². The first-order valence-corrected chi connectivity index (χ1v) is 6.78. The normalized spacial score (nSPS) is 32.5. The second-order valence-corrected chi connectivity index (χ2v) is 5.68. The van der Waals surface area contributed by atoms with Gasteiger partial charge in [-0.2, -0.15) is 0 Å². The monoisotopic (exact) mass is 240 g/mol. The standard InChI is InChI=1S/C13H24N2O2/c1-14-9-6-13(11-14,10-12(16)17)15-7-4-2-3-5-8-15/h2-11H2,1H3,(H,16,17). The largest absolute Gasteiger partial charge is 0.481 e. The van der Waals surface area contributed by atoms with Gasteiger partial charge in [-0.1, -0.05) is 12.8 Å². The van der Waals surface area contributed by atoms with Gasteiger partial charge in [0.15, 0.2) is 0 Å². The first-order chi connectivity index (χ1) is 8.12. The van der Waals surface area contributed by atoms with E-state index in [0.717, 1.165) is 32.6 Å². The van der Waals surface area contributed by atoms with Gasteiger partial charge >= 0.3 is 5.97 Å². The summed E-state index contributed by atoms with van der Waals surface area (Å²) in [5.74, 6) is -0.649. The molecule has 2 heterocycles. The molecule has 1 atom stereocenters. The molecule has 0 aliphatic carbocycles. The van der Waals surface area contributed by atoms with Crippen LogP contribution in [0.2, 0.25) is 0 Å². The predicted molar refractivity (Wildman–Crippen MR) is 67.1 cm³/mol. The summed E-state index contributed by atoms with van der Waals surface area (Å²) in [4.78, 5) is 15.9. The molecule has 0 aromatic heterocycles. The summed E-state index contributed by atoms with van der Waals surface area (Å²) >= 11 is 0. The van der Waals surface area contributed by atoms with Gasteiger partial charge in [0.2, 0.25) is 0 Å². The molecule has 4 nitrogen and oxygen atoms in total. The highest BCUT2D eigenvalue weighted by atomic mass is 16.4. The molecule has 0 spiro atoms. The van der Waals surface area contributed by atoms with Crippen molar-refractivity contribution in [3.63, 3.8) is 0 Å². The number of likely N-dealkylation sites (N-methyl/N-ethyl adjacent to an activating group) is 1. The second kappa shape index (κ2) is 5.36. The van der Waals surface area contributed by atoms with E-state index in [1.54, 1.807) is 0 Å². The number of nitrogens with zero attached hydrogens (tertiary/aromatic N) is 2. The third kappa shape index (κ3) is 2.99. The van der Waals surface area contributed by atoms with Gasteiger partial charge in [0.25, 0.3) is 0 Å². The lowest BCUT2D eigenvalue weighted by atomic mass is 9.91. The Kier molecular flexibility index (Phi) is 4.05. The van der Waals surface area contributed by atoms with Gasteiger partial charge in [0.1, 0.15) is 0 Å². The minimum atomic E-state index is -0.649. The van der Waals surface area contributed by atoms with Crippen molar-refractivity contribution in [1.29, 1.82) is 0 Å². The van der Waals surface area contributed by atoms with E-state index >= 15 is 0 Å². The molecule has 1 N–H and O–H groups in total. The van der Waals surface area contributed by atoms with E-state index in [4.69, 9.17) is 0 Å². The molecule has 0 radical (unpaired) electrons. The molecule has 2 aliphatic rings. The lowest BCUT2D eigenvalue weighted by Crippen LogP contribution is -2.52. The molecule has 0 bridgehead atoms. The van der Waals surface area contributed by atoms with E-state index in [1.165, 1.54) is 25.7 Å². The van der Waals surface area contributed by atoms with Crippen LogP contribution in [0.4, 0.5) is 0 Å². The van der Waals surface area contributed by atoms with Crippen molar-refractivity contribution >= 4 is 5.97 Å². The molecule has 1 unspecified atom stereocenters. The highest BCUT2D eigenvalue weighted by Gasteiger charge is 2.43. The van der Waals surface area contributed by atoms with Crippen LogP contribution in [0.25, 0.3) is 0 Å². The molecule has 2 fully saturated rings. The maximum Gasteiger partial charge on any atom is 0.305 e. The minimum absolute atomic E-state index is 0.0923. The Balaban J connectivity index is 2.10. The number of carboxylic acids is 1. The van der Waals surface area contributed by atoms with Gasteiger partial charge < -0.3 is 10.0 Å². The number of hydrogen-bond donors (Lipinski definition) is 1. The smallest absolute Gasteiger partial charge is 0.305 e. The Morgan fingerprint density at radius 2 is 1.82 bits per heavy atom. The molecule has 2 aliphatic heterocycles. The molecule has 0 aromatic carbocycles. The predicted octanol–water partition coefficient (Wildman–Crippen LogP) is 1.41. The lowest BCUT2D eigenvalue weighted by molar-refractivity contribution is -0.140. The number of carbonyl (C=O) groups is 1. The molecule has 0 saturated carbocycles. The summed E-state index contributed by atoms with van der Waals surface area (Å²) in [6.07, 6.45) is 6.37. The quantitative estimate of drug-likeness (QED) is 0.810. The van der Waals surface area contributed by atoms with Crippen LogP contribution in [0.5, 0.6) is 0 Å². The maximum absolute atomic E-state index is 11.2. The third-order valence-corrected chi connectivity index (χ3v) is 4.28. The van der Waals surface area contributed by atoms with Crippen molar-refractivity contribution in [2.24, 2.45) is 0 Å². The number of hydrogen-bond acceptors (Lipinski definition) is 3. The van der Waals surface area contributed by atoms with Crippen molar-refractivity contribution in [2.45, 2.75) is 44.1 Å². The molecule has 4 heteroatoms. The zero-order valence-corrected chi connectivity index (χ0v) is 10.8. The van der Waals surface area contributed by atoms with E-state index in [-0.39, 0.29) is 5.54 Å². The van der Waals surface area contributed by atoms with Crippen LogP contribution in [0.1, 0.15) is 38.5 Å². The summed E-state index contributed by atoms with van der Waals surface area (Å²) in [5, 5.41) is 9.18. The van der Waals surface area contributed by atoms with Gasteiger partial charge in [0, 0.05) is 12.1 Å². The fourth-order valence-electron chi connectivity index (χ4n) is 3.40. The summed E-state index contributed by atoms with van der Waals surface area (Å²) in [5.41, 5.74) is -0.0923. The summed E-state index contributed by atoms with van der Waals surface area (Å²) in [6, 6.07) is 0. The molecular formula is C13H24N2O2. The third-order valence-electron chi connectivity index (χ3n) is 4.28. The summed E-state index contributed by atoms with van der Waals surface area (Å²) < 4.78 is 0. The van der Waals surface area contributed by atoms with Crippen molar-refractivity contribution in [3.8, 4) is 0 Å². The van der Waals surface area contributed by atoms with Crippen LogP contribution >= 0.6 is 0 Å². The van der Waals surface area contributed by atoms with Crippen molar-refractivity contribution < 1.29 is 9.90 Å². The second-order valence-electron chi connectivity index (χ2n) is 5.68. The van der Waals surface area contributed by atoms with Crippen LogP contribution < -0.4 is 0 Å². The maximum atomic E-state index is 11.2. The van der Waals surface area contributed by atoms with E-state index in [0.29, 0.717) is 6.42 Å². The van der Waals surface area contributed by atoms with E-state index in [2.05, 4.69) is 16.8 Å². The van der Waals surface area contributed by atoms with Gasteiger partial charge in [-0.3, -0.25) is 9.69 Å². The summed E-state index contributed by atoms with van der Waals surface area (Å²) in [6.45, 7) is 4.12. The van der Waals surface area contributed by atoms with Crippen LogP contribution in [0.15, 0.2) is 0 Å². The van der Waals surface area contributed by atoms with Gasteiger partial charge in [-0.25, -0.2) is 0 Å². The number of rotatable bonds is 3. The van der Waals surface area contributed by atoms with Crippen LogP contribution in [-0.2, 0) is 4.79 Å². The molecule has 2 rings (SSSR count). The van der Waals surface area contributed by atoms with E-state index < -0.39 is 5.97 Å². The SMILES string of the molecule is CN1CCC(CC(=O)O)(N2CCCCCC2)C1. The van der Waals surface area contributed by atoms with Crippen molar-refractivity contribution in [2.75, 3.05) is 33.2 Å². The topological polar surface area (TPSA) is 43.8 Å². The zero-order valence-electron chi connectivity index (χ0n) is 10.8. The van der Waals surface area contributed by atoms with Gasteiger partial charge in [0.05, 0.1) is 6.42 Å². The summed E-state index contributed by atoms with van der Waals surface area (Å²) in [7, 11) is 2.10. The van der Waals surface area contributed by atoms with Crippen molar-refractivity contribution in [1.82, 2.24) is 9.80 Å². The Morgan fingerprint density at radius 3 is 2.29 bits per heavy atom. The number of likely N-dealkylation sites (tertiary alicyclic amines) is 2. The Bertz CT molecular complexity index is 275. The first-order valence-electron chi connectivity index (χ1n) is 6.78. The van der Waals surface area contributed by atoms with Gasteiger partial charge in [-0.05, 0) is 45.9 Å². The molecule has 0 aromatic rings. The molecule has 0 amide bonds. The number of carboxylic acid groups (broad SMARTS) is 1. The average Bonchev–Trinajstić information content (AvgIpc) is 2.53. The van der Waals surface area contributed by atoms with Crippen LogP contribution in [0.3, 0.4) is 0 Å². The lowest BCUT2D eigenvalue weighted by Gasteiger charge is -2.40. The fourth-order valence-corrected chi connectivity index (χ4v) is 3.40. The minimum Gasteiger partial charge on any atom is -0.481 e. The van der Waals surface area contributed by atoms with E-state index in [1.807, 2.05) is 0 Å². The molecule has 2 saturated heterocycles. The Labute approximate surface area is 104 Å². The van der Waals surface area contributed by atoms with Gasteiger partial charge in [-0.15, -0.1) is 0 Å². The molecule has 17 heavy (non-hydrogen) atoms. The van der Waals surface area contributed by atoms with E-state index in [9.17, 15) is 9.90 Å². The molecule has 98 valence electrons. The Hall–Kier alpha value is -0.610. The molecular weight excluding hydrogens is 216 g/mol. The van der Waals surface area contributed by atoms with Crippen LogP contribution in [-0.4, -0.2) is 59.6 Å². The number of aliphatic carboxylic acids is 1. The highest BCUT2D eigenvalue weighted by Crippen LogP contribution is 2.32. The average molecular weight is 240 g/mol. The zero-order chi connectivity index (χ0) is 12.3.